The van der Waals surface area contributed by atoms with Crippen LogP contribution in [0.2, 0.25) is 10.3 Å². The molecule has 1 amide bonds. The van der Waals surface area contributed by atoms with E-state index < -0.39 is 5.60 Å². The predicted molar refractivity (Wildman–Crippen MR) is 79.0 cm³/mol. The van der Waals surface area contributed by atoms with E-state index in [4.69, 9.17) is 27.9 Å². The van der Waals surface area contributed by atoms with Crippen LogP contribution in [0.25, 0.3) is 5.57 Å². The molecule has 1 aliphatic rings. The summed E-state index contributed by atoms with van der Waals surface area (Å²) in [7, 11) is 0. The minimum Gasteiger partial charge on any atom is -0.444 e. The number of amides is 1. The van der Waals surface area contributed by atoms with Gasteiger partial charge in [-0.05, 0) is 32.8 Å². The van der Waals surface area contributed by atoms with E-state index in [-0.39, 0.29) is 11.2 Å². The fraction of sp³-hybridized carbons (Fsp3) is 0.538. The van der Waals surface area contributed by atoms with E-state index >= 15 is 0 Å². The molecule has 0 unspecified atom stereocenters. The lowest BCUT2D eigenvalue weighted by molar-refractivity contribution is 0.0270. The molecule has 0 saturated carbocycles. The van der Waals surface area contributed by atoms with Crippen molar-refractivity contribution in [2.45, 2.75) is 32.8 Å². The van der Waals surface area contributed by atoms with Gasteiger partial charge in [0.1, 0.15) is 16.6 Å². The summed E-state index contributed by atoms with van der Waals surface area (Å²) in [5.74, 6) is 0.656. The van der Waals surface area contributed by atoms with E-state index in [9.17, 15) is 4.79 Å². The van der Waals surface area contributed by atoms with Gasteiger partial charge in [-0.1, -0.05) is 29.3 Å². The van der Waals surface area contributed by atoms with Gasteiger partial charge in [-0.3, -0.25) is 0 Å². The molecule has 0 radical (unpaired) electrons. The van der Waals surface area contributed by atoms with E-state index in [1.165, 1.54) is 0 Å². The van der Waals surface area contributed by atoms with Crippen LogP contribution < -0.4 is 0 Å². The number of carbonyl (C=O) groups excluding carboxylic acids is 1. The van der Waals surface area contributed by atoms with Crippen LogP contribution in [0.4, 0.5) is 4.79 Å². The fourth-order valence-electron chi connectivity index (χ4n) is 1.86. The third-order valence-corrected chi connectivity index (χ3v) is 3.43. The van der Waals surface area contributed by atoms with Crippen molar-refractivity contribution in [1.29, 1.82) is 0 Å². The Bertz CT molecular complexity index is 527. The van der Waals surface area contributed by atoms with Crippen LogP contribution in [0.1, 0.15) is 33.0 Å². The Morgan fingerprint density at radius 3 is 2.60 bits per heavy atom. The Morgan fingerprint density at radius 1 is 1.45 bits per heavy atom. The molecule has 5 nitrogen and oxygen atoms in total. The van der Waals surface area contributed by atoms with Gasteiger partial charge < -0.3 is 14.6 Å². The third kappa shape index (κ3) is 3.67. The summed E-state index contributed by atoms with van der Waals surface area (Å²) in [6.07, 6.45) is 2.31. The number of halogens is 2. The zero-order chi connectivity index (χ0) is 14.9. The van der Waals surface area contributed by atoms with Crippen LogP contribution in [0.3, 0.4) is 0 Å². The van der Waals surface area contributed by atoms with Crippen molar-refractivity contribution >= 4 is 34.9 Å². The van der Waals surface area contributed by atoms with Crippen LogP contribution in [0.15, 0.2) is 6.08 Å². The van der Waals surface area contributed by atoms with Gasteiger partial charge in [0.05, 0.1) is 0 Å². The molecular formula is C13H17Cl2N3O2. The standard InChI is InChI=1S/C13H17Cl2N3O2/c1-13(2,3)20-12(19)18-6-4-8(5-7-18)11-16-9(14)10(15)17-11/h4H,5-7H2,1-3H3,(H,16,17). The van der Waals surface area contributed by atoms with Crippen molar-refractivity contribution in [3.05, 3.63) is 22.2 Å². The van der Waals surface area contributed by atoms with Crippen LogP contribution in [-0.2, 0) is 4.74 Å². The Kier molecular flexibility index (Phi) is 4.30. The largest absolute Gasteiger partial charge is 0.444 e. The minimum absolute atomic E-state index is 0.261. The summed E-state index contributed by atoms with van der Waals surface area (Å²) in [5, 5.41) is 0.592. The molecule has 1 aliphatic heterocycles. The van der Waals surface area contributed by atoms with E-state index in [0.717, 1.165) is 5.57 Å². The molecule has 2 heterocycles. The maximum atomic E-state index is 11.9. The first kappa shape index (κ1) is 15.2. The number of rotatable bonds is 1. The monoisotopic (exact) mass is 317 g/mol. The Morgan fingerprint density at radius 2 is 2.15 bits per heavy atom. The SMILES string of the molecule is CC(C)(C)OC(=O)N1CC=C(c2nc(Cl)c(Cl)[nH]2)CC1. The molecule has 0 spiro atoms. The molecule has 110 valence electrons. The number of imidazole rings is 1. The number of aromatic nitrogens is 2. The zero-order valence-corrected chi connectivity index (χ0v) is 13.2. The molecule has 1 aromatic rings. The van der Waals surface area contributed by atoms with Crippen LogP contribution >= 0.6 is 23.2 Å². The molecule has 20 heavy (non-hydrogen) atoms. The predicted octanol–water partition coefficient (Wildman–Crippen LogP) is 3.74. The smallest absolute Gasteiger partial charge is 0.410 e. The molecule has 0 aliphatic carbocycles. The average molecular weight is 318 g/mol. The Balaban J connectivity index is 2.02. The van der Waals surface area contributed by atoms with Gasteiger partial charge in [-0.15, -0.1) is 0 Å². The summed E-state index contributed by atoms with van der Waals surface area (Å²) in [6, 6.07) is 0. The highest BCUT2D eigenvalue weighted by Crippen LogP contribution is 2.26. The highest BCUT2D eigenvalue weighted by molar-refractivity contribution is 6.40. The van der Waals surface area contributed by atoms with Gasteiger partial charge in [0.25, 0.3) is 0 Å². The molecule has 1 N–H and O–H groups in total. The van der Waals surface area contributed by atoms with Crippen LogP contribution in [0.5, 0.6) is 0 Å². The van der Waals surface area contributed by atoms with Crippen LogP contribution in [-0.4, -0.2) is 39.7 Å². The number of nitrogens with one attached hydrogen (secondary N) is 1. The lowest BCUT2D eigenvalue weighted by atomic mass is 10.1. The molecule has 0 bridgehead atoms. The Labute approximate surface area is 127 Å². The van der Waals surface area contributed by atoms with Crippen molar-refractivity contribution in [2.24, 2.45) is 0 Å². The number of H-pyrrole nitrogens is 1. The first-order valence-corrected chi connectivity index (χ1v) is 7.10. The van der Waals surface area contributed by atoms with Crippen molar-refractivity contribution in [2.75, 3.05) is 13.1 Å². The third-order valence-electron chi connectivity index (χ3n) is 2.78. The highest BCUT2D eigenvalue weighted by Gasteiger charge is 2.24. The second-order valence-electron chi connectivity index (χ2n) is 5.60. The van der Waals surface area contributed by atoms with E-state index in [1.54, 1.807) is 4.90 Å². The van der Waals surface area contributed by atoms with Gasteiger partial charge in [0, 0.05) is 13.1 Å². The lowest BCUT2D eigenvalue weighted by Gasteiger charge is -2.29. The van der Waals surface area contributed by atoms with E-state index in [0.29, 0.717) is 30.5 Å². The summed E-state index contributed by atoms with van der Waals surface area (Å²) in [4.78, 5) is 20.6. The number of hydrogen-bond donors (Lipinski definition) is 1. The summed E-state index contributed by atoms with van der Waals surface area (Å²) in [6.45, 7) is 6.62. The van der Waals surface area contributed by atoms with Crippen molar-refractivity contribution in [1.82, 2.24) is 14.9 Å². The minimum atomic E-state index is -0.483. The summed E-state index contributed by atoms with van der Waals surface area (Å²) < 4.78 is 5.33. The highest BCUT2D eigenvalue weighted by atomic mass is 35.5. The second kappa shape index (κ2) is 5.66. The molecule has 2 rings (SSSR count). The van der Waals surface area contributed by atoms with Crippen LogP contribution in [0, 0.1) is 0 Å². The summed E-state index contributed by atoms with van der Waals surface area (Å²) in [5.41, 5.74) is 0.516. The molecule has 1 aromatic heterocycles. The van der Waals surface area contributed by atoms with Crippen molar-refractivity contribution < 1.29 is 9.53 Å². The first-order valence-electron chi connectivity index (χ1n) is 6.34. The lowest BCUT2D eigenvalue weighted by Crippen LogP contribution is -2.39. The normalized spacial score (nSPS) is 16.1. The molecule has 0 fully saturated rings. The van der Waals surface area contributed by atoms with E-state index in [2.05, 4.69) is 9.97 Å². The van der Waals surface area contributed by atoms with Gasteiger partial charge in [0.2, 0.25) is 0 Å². The maximum absolute atomic E-state index is 11.9. The summed E-state index contributed by atoms with van der Waals surface area (Å²) >= 11 is 11.7. The zero-order valence-electron chi connectivity index (χ0n) is 11.7. The van der Waals surface area contributed by atoms with Gasteiger partial charge in [-0.2, -0.15) is 0 Å². The average Bonchev–Trinajstić information content (AvgIpc) is 2.68. The number of nitrogens with zero attached hydrogens (tertiary/aromatic N) is 2. The van der Waals surface area contributed by atoms with Crippen molar-refractivity contribution in [3.8, 4) is 0 Å². The topological polar surface area (TPSA) is 58.2 Å². The number of ether oxygens (including phenoxy) is 1. The molecule has 0 aromatic carbocycles. The first-order chi connectivity index (χ1) is 9.26. The number of aromatic amines is 1. The van der Waals surface area contributed by atoms with Gasteiger partial charge in [0.15, 0.2) is 5.15 Å². The molecular weight excluding hydrogens is 301 g/mol. The number of carbonyl (C=O) groups is 1. The van der Waals surface area contributed by atoms with Gasteiger partial charge in [-0.25, -0.2) is 9.78 Å². The molecule has 0 saturated heterocycles. The van der Waals surface area contributed by atoms with Gasteiger partial charge >= 0.3 is 6.09 Å². The second-order valence-corrected chi connectivity index (χ2v) is 6.33. The quantitative estimate of drug-likeness (QED) is 0.858. The molecule has 7 heteroatoms. The van der Waals surface area contributed by atoms with Crippen molar-refractivity contribution in [3.63, 3.8) is 0 Å². The fourth-order valence-corrected chi connectivity index (χ4v) is 2.12. The maximum Gasteiger partial charge on any atom is 0.410 e. The van der Waals surface area contributed by atoms with E-state index in [1.807, 2.05) is 26.8 Å². The Hall–Kier alpha value is -1.20. The number of hydrogen-bond acceptors (Lipinski definition) is 3. The molecule has 0 atom stereocenters.